The van der Waals surface area contributed by atoms with Gasteiger partial charge in [-0.2, -0.15) is 5.10 Å². The number of benzene rings is 1. The SMILES string of the molecule is CC(C)(C)OC(=O)C(O)COc1ccc(-c2cnn(CC3(F)CN(C(=O)O)C3)c2)cc1. The monoisotopic (exact) mass is 435 g/mol. The summed E-state index contributed by atoms with van der Waals surface area (Å²) in [6, 6.07) is 6.91. The van der Waals surface area contributed by atoms with E-state index < -0.39 is 29.4 Å². The number of carboxylic acid groups (broad SMARTS) is 1. The number of aromatic nitrogens is 2. The third-order valence-electron chi connectivity index (χ3n) is 4.57. The lowest BCUT2D eigenvalue weighted by Crippen LogP contribution is -2.62. The molecule has 2 heterocycles. The molecule has 0 bridgehead atoms. The summed E-state index contributed by atoms with van der Waals surface area (Å²) in [6.07, 6.45) is 0.760. The molecule has 1 fully saturated rings. The van der Waals surface area contributed by atoms with Gasteiger partial charge in [0.25, 0.3) is 0 Å². The predicted octanol–water partition coefficient (Wildman–Crippen LogP) is 2.33. The molecule has 3 rings (SSSR count). The number of carbonyl (C=O) groups is 2. The van der Waals surface area contributed by atoms with E-state index in [2.05, 4.69) is 5.10 Å². The molecular formula is C21H26FN3O6. The van der Waals surface area contributed by atoms with E-state index in [0.717, 1.165) is 16.0 Å². The fraction of sp³-hybridized carbons (Fsp3) is 0.476. The molecule has 0 radical (unpaired) electrons. The highest BCUT2D eigenvalue weighted by molar-refractivity contribution is 5.75. The highest BCUT2D eigenvalue weighted by Crippen LogP contribution is 2.28. The fourth-order valence-corrected chi connectivity index (χ4v) is 3.12. The number of esters is 1. The van der Waals surface area contributed by atoms with Crippen molar-refractivity contribution in [3.63, 3.8) is 0 Å². The first kappa shape index (κ1) is 22.5. The first-order chi connectivity index (χ1) is 14.4. The predicted molar refractivity (Wildman–Crippen MR) is 108 cm³/mol. The van der Waals surface area contributed by atoms with Crippen LogP contribution in [0.25, 0.3) is 11.1 Å². The number of halogens is 1. The largest absolute Gasteiger partial charge is 0.490 e. The summed E-state index contributed by atoms with van der Waals surface area (Å²) in [5.74, 6) is -0.287. The number of aliphatic hydroxyl groups is 1. The van der Waals surface area contributed by atoms with E-state index in [-0.39, 0.29) is 26.2 Å². The van der Waals surface area contributed by atoms with Crippen molar-refractivity contribution in [2.75, 3.05) is 19.7 Å². The normalized spacial score (nSPS) is 16.4. The standard InChI is InChI=1S/C21H26FN3O6/c1-20(2,3)31-18(27)17(26)10-30-16-6-4-14(5-7-16)15-8-23-25(9-15)13-21(22)11-24(12-21)19(28)29/h4-9,17,26H,10-13H2,1-3H3,(H,28,29). The minimum Gasteiger partial charge on any atom is -0.490 e. The lowest BCUT2D eigenvalue weighted by Gasteiger charge is -2.42. The van der Waals surface area contributed by atoms with Crippen LogP contribution in [0.5, 0.6) is 5.75 Å². The lowest BCUT2D eigenvalue weighted by atomic mass is 9.97. The summed E-state index contributed by atoms with van der Waals surface area (Å²) >= 11 is 0. The molecule has 2 aromatic rings. The van der Waals surface area contributed by atoms with E-state index in [1.807, 2.05) is 0 Å². The minimum atomic E-state index is -1.62. The Morgan fingerprint density at radius 2 is 1.87 bits per heavy atom. The second kappa shape index (κ2) is 8.54. The maximum atomic E-state index is 14.5. The molecule has 10 heteroatoms. The number of rotatable bonds is 7. The zero-order chi connectivity index (χ0) is 22.8. The Labute approximate surface area is 179 Å². The third-order valence-corrected chi connectivity index (χ3v) is 4.57. The van der Waals surface area contributed by atoms with Crippen molar-refractivity contribution in [2.24, 2.45) is 0 Å². The van der Waals surface area contributed by atoms with Crippen LogP contribution >= 0.6 is 0 Å². The van der Waals surface area contributed by atoms with E-state index in [4.69, 9.17) is 14.6 Å². The Morgan fingerprint density at radius 3 is 2.45 bits per heavy atom. The van der Waals surface area contributed by atoms with Crippen LogP contribution < -0.4 is 4.74 Å². The second-order valence-electron chi connectivity index (χ2n) is 8.60. The molecule has 1 saturated heterocycles. The van der Waals surface area contributed by atoms with Crippen molar-refractivity contribution in [1.82, 2.24) is 14.7 Å². The number of amides is 1. The van der Waals surface area contributed by atoms with Gasteiger partial charge in [-0.05, 0) is 38.5 Å². The highest BCUT2D eigenvalue weighted by atomic mass is 19.1. The Balaban J connectivity index is 1.53. The third kappa shape index (κ3) is 5.94. The summed E-state index contributed by atoms with van der Waals surface area (Å²) in [5.41, 5.74) is -0.729. The lowest BCUT2D eigenvalue weighted by molar-refractivity contribution is -0.166. The van der Waals surface area contributed by atoms with Crippen LogP contribution in [0, 0.1) is 0 Å². The first-order valence-electron chi connectivity index (χ1n) is 9.78. The van der Waals surface area contributed by atoms with Crippen LogP contribution in [0.4, 0.5) is 9.18 Å². The number of alkyl halides is 1. The van der Waals surface area contributed by atoms with Crippen molar-refractivity contribution < 1.29 is 33.7 Å². The maximum Gasteiger partial charge on any atom is 0.407 e. The molecule has 1 amide bonds. The molecule has 1 aliphatic rings. The summed E-state index contributed by atoms with van der Waals surface area (Å²) in [6.45, 7) is 4.53. The minimum absolute atomic E-state index is 0.0273. The zero-order valence-corrected chi connectivity index (χ0v) is 17.6. The average Bonchev–Trinajstić information content (AvgIpc) is 3.11. The molecule has 9 nitrogen and oxygen atoms in total. The summed E-state index contributed by atoms with van der Waals surface area (Å²) in [7, 11) is 0. The van der Waals surface area contributed by atoms with Crippen molar-refractivity contribution in [2.45, 2.75) is 44.7 Å². The van der Waals surface area contributed by atoms with Gasteiger partial charge in [-0.15, -0.1) is 0 Å². The van der Waals surface area contributed by atoms with Crippen LogP contribution in [-0.4, -0.2) is 74.0 Å². The van der Waals surface area contributed by atoms with Gasteiger partial charge >= 0.3 is 12.1 Å². The van der Waals surface area contributed by atoms with Gasteiger partial charge in [-0.3, -0.25) is 4.68 Å². The Kier molecular flexibility index (Phi) is 6.21. The van der Waals surface area contributed by atoms with E-state index >= 15 is 0 Å². The molecule has 0 saturated carbocycles. The van der Waals surface area contributed by atoms with Crippen LogP contribution in [0.2, 0.25) is 0 Å². The number of ether oxygens (including phenoxy) is 2. The molecular weight excluding hydrogens is 409 g/mol. The average molecular weight is 435 g/mol. The molecule has 1 unspecified atom stereocenters. The second-order valence-corrected chi connectivity index (χ2v) is 8.60. The summed E-state index contributed by atoms with van der Waals surface area (Å²) in [5, 5.41) is 22.9. The molecule has 0 aliphatic carbocycles. The molecule has 31 heavy (non-hydrogen) atoms. The number of carbonyl (C=O) groups excluding carboxylic acids is 1. The van der Waals surface area contributed by atoms with Gasteiger partial charge in [0, 0.05) is 11.8 Å². The smallest absolute Gasteiger partial charge is 0.407 e. The van der Waals surface area contributed by atoms with Gasteiger partial charge < -0.3 is 24.6 Å². The number of aliphatic hydroxyl groups excluding tert-OH is 1. The molecule has 1 aromatic carbocycles. The summed E-state index contributed by atoms with van der Waals surface area (Å²) in [4.78, 5) is 23.6. The Morgan fingerprint density at radius 1 is 1.23 bits per heavy atom. The maximum absolute atomic E-state index is 14.5. The van der Waals surface area contributed by atoms with Gasteiger partial charge in [0.2, 0.25) is 0 Å². The van der Waals surface area contributed by atoms with Gasteiger partial charge in [0.15, 0.2) is 11.8 Å². The van der Waals surface area contributed by atoms with Gasteiger partial charge in [-0.1, -0.05) is 12.1 Å². The van der Waals surface area contributed by atoms with Crippen LogP contribution in [-0.2, 0) is 16.1 Å². The molecule has 1 aliphatic heterocycles. The highest BCUT2D eigenvalue weighted by Gasteiger charge is 2.46. The van der Waals surface area contributed by atoms with E-state index in [1.54, 1.807) is 57.4 Å². The molecule has 0 spiro atoms. The quantitative estimate of drug-likeness (QED) is 0.642. The zero-order valence-electron chi connectivity index (χ0n) is 17.6. The van der Waals surface area contributed by atoms with Gasteiger partial charge in [0.05, 0.1) is 25.8 Å². The molecule has 168 valence electrons. The first-order valence-corrected chi connectivity index (χ1v) is 9.78. The molecule has 1 atom stereocenters. The van der Waals surface area contributed by atoms with Gasteiger partial charge in [0.1, 0.15) is 18.0 Å². The topological polar surface area (TPSA) is 114 Å². The summed E-state index contributed by atoms with van der Waals surface area (Å²) < 4.78 is 26.5. The van der Waals surface area contributed by atoms with E-state index in [9.17, 15) is 19.1 Å². The Bertz CT molecular complexity index is 931. The number of likely N-dealkylation sites (tertiary alicyclic amines) is 1. The van der Waals surface area contributed by atoms with Crippen LogP contribution in [0.3, 0.4) is 0 Å². The van der Waals surface area contributed by atoms with Crippen molar-refractivity contribution >= 4 is 12.1 Å². The number of nitrogens with zero attached hydrogens (tertiary/aromatic N) is 3. The number of hydrogen-bond acceptors (Lipinski definition) is 6. The molecule has 2 N–H and O–H groups in total. The van der Waals surface area contributed by atoms with Crippen molar-refractivity contribution in [3.8, 4) is 16.9 Å². The van der Waals surface area contributed by atoms with Crippen molar-refractivity contribution in [1.29, 1.82) is 0 Å². The fourth-order valence-electron chi connectivity index (χ4n) is 3.12. The molecule has 1 aromatic heterocycles. The van der Waals surface area contributed by atoms with Crippen LogP contribution in [0.1, 0.15) is 20.8 Å². The number of hydrogen-bond donors (Lipinski definition) is 2. The van der Waals surface area contributed by atoms with E-state index in [0.29, 0.717) is 5.75 Å². The Hall–Kier alpha value is -3.14. The van der Waals surface area contributed by atoms with Crippen molar-refractivity contribution in [3.05, 3.63) is 36.7 Å². The van der Waals surface area contributed by atoms with Gasteiger partial charge in [-0.25, -0.2) is 14.0 Å². The van der Waals surface area contributed by atoms with E-state index in [1.165, 1.54) is 4.68 Å². The van der Waals surface area contributed by atoms with Crippen LogP contribution in [0.15, 0.2) is 36.7 Å².